The van der Waals surface area contributed by atoms with Crippen LogP contribution in [0.2, 0.25) is 0 Å². The maximum absolute atomic E-state index is 6.21. The number of hydrogen-bond acceptors (Lipinski definition) is 4. The molecule has 5 nitrogen and oxygen atoms in total. The Morgan fingerprint density at radius 1 is 1.53 bits per heavy atom. The molecule has 0 saturated carbocycles. The molecule has 5 heteroatoms. The summed E-state index contributed by atoms with van der Waals surface area (Å²) in [5.74, 6) is 1.35. The lowest BCUT2D eigenvalue weighted by Gasteiger charge is -2.25. The number of aryl methyl sites for hydroxylation is 1. The fraction of sp³-hybridized carbons (Fsp3) is 0.750. The molecule has 96 valence electrons. The highest BCUT2D eigenvalue weighted by atomic mass is 16.5. The summed E-state index contributed by atoms with van der Waals surface area (Å²) in [4.78, 5) is 2.20. The zero-order chi connectivity index (χ0) is 12.6. The molecule has 1 aromatic rings. The van der Waals surface area contributed by atoms with Crippen molar-refractivity contribution in [3.63, 3.8) is 0 Å². The maximum Gasteiger partial charge on any atom is 0.150 e. The minimum Gasteiger partial charge on any atom is -0.394 e. The van der Waals surface area contributed by atoms with Crippen LogP contribution in [0.4, 0.5) is 11.5 Å². The molecule has 0 bridgehead atoms. The number of anilines is 2. The molecule has 17 heavy (non-hydrogen) atoms. The second kappa shape index (κ2) is 4.56. The first-order chi connectivity index (χ1) is 8.02. The summed E-state index contributed by atoms with van der Waals surface area (Å²) < 4.78 is 7.30. The van der Waals surface area contributed by atoms with Crippen molar-refractivity contribution >= 4 is 11.5 Å². The third-order valence-corrected chi connectivity index (χ3v) is 3.42. The van der Waals surface area contributed by atoms with Crippen LogP contribution >= 0.6 is 0 Å². The highest BCUT2D eigenvalue weighted by Gasteiger charge is 2.26. The minimum absolute atomic E-state index is 0.350. The lowest BCUT2D eigenvalue weighted by molar-refractivity contribution is 0.193. The van der Waals surface area contributed by atoms with Crippen LogP contribution in [0, 0.1) is 0 Å². The summed E-state index contributed by atoms with van der Waals surface area (Å²) in [5.41, 5.74) is 7.99. The Kier molecular flexibility index (Phi) is 3.28. The second-order valence-electron chi connectivity index (χ2n) is 5.03. The van der Waals surface area contributed by atoms with Crippen molar-refractivity contribution in [2.45, 2.75) is 32.2 Å². The first-order valence-electron chi connectivity index (χ1n) is 6.15. The zero-order valence-corrected chi connectivity index (χ0v) is 11.1. The highest BCUT2D eigenvalue weighted by molar-refractivity contribution is 5.67. The van der Waals surface area contributed by atoms with Crippen LogP contribution in [0.5, 0.6) is 0 Å². The average Bonchev–Trinajstić information content (AvgIpc) is 2.86. The number of likely N-dealkylation sites (N-methyl/N-ethyl adjacent to an activating group) is 1. The predicted octanol–water partition coefficient (Wildman–Crippen LogP) is 1.35. The van der Waals surface area contributed by atoms with E-state index in [1.54, 1.807) is 0 Å². The molecule has 2 heterocycles. The molecule has 1 saturated heterocycles. The first kappa shape index (κ1) is 12.2. The van der Waals surface area contributed by atoms with Crippen LogP contribution in [0.3, 0.4) is 0 Å². The van der Waals surface area contributed by atoms with Gasteiger partial charge in [0.2, 0.25) is 0 Å². The SMILES string of the molecule is CC(C)c1nn(C)c(N(C)C2CCOC2)c1N. The van der Waals surface area contributed by atoms with Crippen molar-refractivity contribution in [2.75, 3.05) is 30.9 Å². The molecule has 2 N–H and O–H groups in total. The van der Waals surface area contributed by atoms with Gasteiger partial charge in [-0.15, -0.1) is 0 Å². The van der Waals surface area contributed by atoms with Crippen molar-refractivity contribution in [3.8, 4) is 0 Å². The topological polar surface area (TPSA) is 56.3 Å². The Hall–Kier alpha value is -1.23. The third kappa shape index (κ3) is 2.11. The maximum atomic E-state index is 6.21. The third-order valence-electron chi connectivity index (χ3n) is 3.42. The van der Waals surface area contributed by atoms with Gasteiger partial charge in [0.15, 0.2) is 0 Å². The van der Waals surface area contributed by atoms with E-state index < -0.39 is 0 Å². The van der Waals surface area contributed by atoms with E-state index in [0.29, 0.717) is 12.0 Å². The van der Waals surface area contributed by atoms with Gasteiger partial charge in [0, 0.05) is 20.7 Å². The van der Waals surface area contributed by atoms with Gasteiger partial charge in [0.05, 0.1) is 24.0 Å². The van der Waals surface area contributed by atoms with Crippen LogP contribution in [-0.2, 0) is 11.8 Å². The van der Waals surface area contributed by atoms with Gasteiger partial charge < -0.3 is 15.4 Å². The fourth-order valence-electron chi connectivity index (χ4n) is 2.40. The van der Waals surface area contributed by atoms with Crippen molar-refractivity contribution in [3.05, 3.63) is 5.69 Å². The highest BCUT2D eigenvalue weighted by Crippen LogP contribution is 2.32. The number of nitrogens with zero attached hydrogens (tertiary/aromatic N) is 3. The van der Waals surface area contributed by atoms with Crippen LogP contribution in [0.1, 0.15) is 31.9 Å². The van der Waals surface area contributed by atoms with Crippen molar-refractivity contribution in [2.24, 2.45) is 7.05 Å². The van der Waals surface area contributed by atoms with Gasteiger partial charge in [-0.25, -0.2) is 0 Å². The Bertz CT molecular complexity index is 393. The van der Waals surface area contributed by atoms with Crippen LogP contribution in [-0.4, -0.2) is 36.1 Å². The number of rotatable bonds is 3. The van der Waals surface area contributed by atoms with Gasteiger partial charge in [-0.2, -0.15) is 5.10 Å². The van der Waals surface area contributed by atoms with E-state index in [2.05, 4.69) is 30.9 Å². The Labute approximate surface area is 103 Å². The number of nitrogens with two attached hydrogens (primary N) is 1. The largest absolute Gasteiger partial charge is 0.394 e. The van der Waals surface area contributed by atoms with Gasteiger partial charge in [-0.05, 0) is 12.3 Å². The van der Waals surface area contributed by atoms with Gasteiger partial charge >= 0.3 is 0 Å². The standard InChI is InChI=1S/C12H22N4O/c1-8(2)11-10(13)12(16(4)14-11)15(3)9-5-6-17-7-9/h8-9H,5-7,13H2,1-4H3. The van der Waals surface area contributed by atoms with Gasteiger partial charge in [0.25, 0.3) is 0 Å². The van der Waals surface area contributed by atoms with Crippen molar-refractivity contribution < 1.29 is 4.74 Å². The van der Waals surface area contributed by atoms with E-state index in [0.717, 1.165) is 36.8 Å². The molecule has 0 aromatic carbocycles. The zero-order valence-electron chi connectivity index (χ0n) is 11.1. The number of aromatic nitrogens is 2. The molecule has 1 unspecified atom stereocenters. The molecule has 1 fully saturated rings. The van der Waals surface area contributed by atoms with Gasteiger partial charge in [-0.3, -0.25) is 4.68 Å². The molecule has 0 radical (unpaired) electrons. The van der Waals surface area contributed by atoms with E-state index in [1.807, 2.05) is 11.7 Å². The smallest absolute Gasteiger partial charge is 0.150 e. The van der Waals surface area contributed by atoms with E-state index in [9.17, 15) is 0 Å². The normalized spacial score (nSPS) is 20.2. The lowest BCUT2D eigenvalue weighted by Crippen LogP contribution is -2.33. The monoisotopic (exact) mass is 238 g/mol. The lowest BCUT2D eigenvalue weighted by atomic mass is 10.1. The summed E-state index contributed by atoms with van der Waals surface area (Å²) in [5, 5.41) is 4.51. The van der Waals surface area contributed by atoms with E-state index >= 15 is 0 Å². The molecular weight excluding hydrogens is 216 g/mol. The van der Waals surface area contributed by atoms with Crippen molar-refractivity contribution in [1.82, 2.24) is 9.78 Å². The predicted molar refractivity (Wildman–Crippen MR) is 69.3 cm³/mol. The van der Waals surface area contributed by atoms with Crippen molar-refractivity contribution in [1.29, 1.82) is 0 Å². The van der Waals surface area contributed by atoms with E-state index in [4.69, 9.17) is 10.5 Å². The molecule has 2 rings (SSSR count). The molecular formula is C12H22N4O. The Morgan fingerprint density at radius 2 is 2.24 bits per heavy atom. The van der Waals surface area contributed by atoms with E-state index in [1.165, 1.54) is 0 Å². The summed E-state index contributed by atoms with van der Waals surface area (Å²) in [7, 11) is 4.01. The van der Waals surface area contributed by atoms with Gasteiger partial charge in [0.1, 0.15) is 5.82 Å². The summed E-state index contributed by atoms with van der Waals surface area (Å²) in [6, 6.07) is 0.410. The molecule has 0 spiro atoms. The van der Waals surface area contributed by atoms with Crippen LogP contribution in [0.25, 0.3) is 0 Å². The molecule has 0 amide bonds. The minimum atomic E-state index is 0.350. The van der Waals surface area contributed by atoms with Crippen LogP contribution in [0.15, 0.2) is 0 Å². The average molecular weight is 238 g/mol. The number of ether oxygens (including phenoxy) is 1. The quantitative estimate of drug-likeness (QED) is 0.863. The molecule has 1 aliphatic heterocycles. The molecule has 1 atom stereocenters. The molecule has 1 aliphatic rings. The van der Waals surface area contributed by atoms with Crippen LogP contribution < -0.4 is 10.6 Å². The summed E-state index contributed by atoms with van der Waals surface area (Å²) >= 11 is 0. The Morgan fingerprint density at radius 3 is 2.71 bits per heavy atom. The summed E-state index contributed by atoms with van der Waals surface area (Å²) in [6.45, 7) is 5.84. The van der Waals surface area contributed by atoms with E-state index in [-0.39, 0.29) is 0 Å². The number of hydrogen-bond donors (Lipinski definition) is 1. The first-order valence-corrected chi connectivity index (χ1v) is 6.15. The summed E-state index contributed by atoms with van der Waals surface area (Å²) in [6.07, 6.45) is 1.05. The fourth-order valence-corrected chi connectivity index (χ4v) is 2.40. The Balaban J connectivity index is 2.31. The second-order valence-corrected chi connectivity index (χ2v) is 5.03. The van der Waals surface area contributed by atoms with Gasteiger partial charge in [-0.1, -0.05) is 13.8 Å². The molecule has 0 aliphatic carbocycles. The molecule has 1 aromatic heterocycles. The number of nitrogen functional groups attached to an aromatic ring is 1.